The molecule has 1 aliphatic rings. The van der Waals surface area contributed by atoms with Gasteiger partial charge >= 0.3 is 0 Å². The Balaban J connectivity index is 2.55. The maximum absolute atomic E-state index is 5.94. The number of halogens is 1. The van der Waals surface area contributed by atoms with Crippen LogP contribution in [0, 0.1) is 0 Å². The molecular weight excluding hydrogens is 188 g/mol. The van der Waals surface area contributed by atoms with Crippen molar-refractivity contribution in [1.29, 1.82) is 0 Å². The summed E-state index contributed by atoms with van der Waals surface area (Å²) in [6.45, 7) is 1.96. The average molecular weight is 197 g/mol. The number of fused-ring (bicyclic) bond motifs is 1. The summed E-state index contributed by atoms with van der Waals surface area (Å²) in [5, 5.41) is 6.51. The molecule has 2 heterocycles. The molecule has 13 heavy (non-hydrogen) atoms. The fraction of sp³-hybridized carbons (Fsp3) is 0.375. The zero-order valence-corrected chi connectivity index (χ0v) is 8.21. The molecule has 5 heteroatoms. The number of hydrazone groups is 1. The SMILES string of the molecule is CC1=NN(C)c2ncnc(Cl)c2C1. The van der Waals surface area contributed by atoms with Crippen LogP contribution < -0.4 is 5.01 Å². The van der Waals surface area contributed by atoms with Crippen molar-refractivity contribution in [3.63, 3.8) is 0 Å². The summed E-state index contributed by atoms with van der Waals surface area (Å²) >= 11 is 5.94. The zero-order chi connectivity index (χ0) is 9.42. The van der Waals surface area contributed by atoms with E-state index in [-0.39, 0.29) is 0 Å². The number of hydrogen-bond donors (Lipinski definition) is 0. The van der Waals surface area contributed by atoms with Gasteiger partial charge in [0.15, 0.2) is 5.82 Å². The van der Waals surface area contributed by atoms with Gasteiger partial charge in [0.25, 0.3) is 0 Å². The standard InChI is InChI=1S/C8H9ClN4/c1-5-3-6-7(9)10-4-11-8(6)13(2)12-5/h4H,3H2,1-2H3. The van der Waals surface area contributed by atoms with Gasteiger partial charge in [0.2, 0.25) is 0 Å². The van der Waals surface area contributed by atoms with E-state index in [9.17, 15) is 0 Å². The Hall–Kier alpha value is -1.16. The van der Waals surface area contributed by atoms with E-state index in [0.29, 0.717) is 5.15 Å². The highest BCUT2D eigenvalue weighted by Gasteiger charge is 2.18. The second-order valence-corrected chi connectivity index (χ2v) is 3.36. The highest BCUT2D eigenvalue weighted by molar-refractivity contribution is 6.30. The molecule has 0 N–H and O–H groups in total. The van der Waals surface area contributed by atoms with Crippen LogP contribution in [-0.2, 0) is 6.42 Å². The molecule has 0 aromatic carbocycles. The summed E-state index contributed by atoms with van der Waals surface area (Å²) < 4.78 is 0. The van der Waals surface area contributed by atoms with Gasteiger partial charge in [-0.05, 0) is 6.92 Å². The Morgan fingerprint density at radius 3 is 3.00 bits per heavy atom. The topological polar surface area (TPSA) is 41.4 Å². The molecule has 0 spiro atoms. The van der Waals surface area contributed by atoms with Crippen molar-refractivity contribution in [2.24, 2.45) is 5.10 Å². The quantitative estimate of drug-likeness (QED) is 0.591. The molecule has 0 saturated carbocycles. The third kappa shape index (κ3) is 1.37. The minimum atomic E-state index is 0.520. The molecular formula is C8H9ClN4. The van der Waals surface area contributed by atoms with Crippen molar-refractivity contribution in [3.8, 4) is 0 Å². The first kappa shape index (κ1) is 8.44. The Kier molecular flexibility index (Phi) is 1.92. The lowest BCUT2D eigenvalue weighted by Gasteiger charge is -2.21. The van der Waals surface area contributed by atoms with E-state index >= 15 is 0 Å². The highest BCUT2D eigenvalue weighted by Crippen LogP contribution is 2.26. The zero-order valence-electron chi connectivity index (χ0n) is 7.45. The average Bonchev–Trinajstić information content (AvgIpc) is 2.07. The molecule has 4 nitrogen and oxygen atoms in total. The van der Waals surface area contributed by atoms with Gasteiger partial charge in [-0.1, -0.05) is 11.6 Å². The first-order valence-corrected chi connectivity index (χ1v) is 4.33. The lowest BCUT2D eigenvalue weighted by Crippen LogP contribution is -2.22. The summed E-state index contributed by atoms with van der Waals surface area (Å²) in [6.07, 6.45) is 2.19. The van der Waals surface area contributed by atoms with Crippen LogP contribution in [0.4, 0.5) is 5.82 Å². The second kappa shape index (κ2) is 2.96. The molecule has 1 aliphatic heterocycles. The summed E-state index contributed by atoms with van der Waals surface area (Å²) in [5.74, 6) is 0.797. The maximum Gasteiger partial charge on any atom is 0.157 e. The van der Waals surface area contributed by atoms with Gasteiger partial charge < -0.3 is 0 Å². The van der Waals surface area contributed by atoms with E-state index in [1.165, 1.54) is 6.33 Å². The van der Waals surface area contributed by atoms with Crippen molar-refractivity contribution in [2.75, 3.05) is 12.1 Å². The van der Waals surface area contributed by atoms with Crippen LogP contribution in [-0.4, -0.2) is 22.7 Å². The first-order valence-electron chi connectivity index (χ1n) is 3.95. The van der Waals surface area contributed by atoms with Gasteiger partial charge in [-0.15, -0.1) is 0 Å². The van der Waals surface area contributed by atoms with Crippen LogP contribution >= 0.6 is 11.6 Å². The van der Waals surface area contributed by atoms with Gasteiger partial charge in [0.05, 0.1) is 0 Å². The smallest absolute Gasteiger partial charge is 0.157 e. The lowest BCUT2D eigenvalue weighted by molar-refractivity contribution is 0.908. The Labute approximate surface area is 81.3 Å². The maximum atomic E-state index is 5.94. The van der Waals surface area contributed by atoms with Crippen molar-refractivity contribution in [1.82, 2.24) is 9.97 Å². The lowest BCUT2D eigenvalue weighted by atomic mass is 10.1. The molecule has 0 atom stereocenters. The van der Waals surface area contributed by atoms with Crippen molar-refractivity contribution in [3.05, 3.63) is 17.0 Å². The van der Waals surface area contributed by atoms with E-state index in [0.717, 1.165) is 23.5 Å². The highest BCUT2D eigenvalue weighted by atomic mass is 35.5. The summed E-state index contributed by atoms with van der Waals surface area (Å²) in [4.78, 5) is 8.05. The third-order valence-corrected chi connectivity index (χ3v) is 2.26. The molecule has 0 radical (unpaired) electrons. The minimum absolute atomic E-state index is 0.520. The largest absolute Gasteiger partial charge is 0.251 e. The van der Waals surface area contributed by atoms with Crippen LogP contribution in [0.2, 0.25) is 5.15 Å². The van der Waals surface area contributed by atoms with E-state index < -0.39 is 0 Å². The number of hydrogen-bond acceptors (Lipinski definition) is 4. The van der Waals surface area contributed by atoms with Crippen LogP contribution in [0.5, 0.6) is 0 Å². The Morgan fingerprint density at radius 1 is 1.46 bits per heavy atom. The molecule has 1 aromatic heterocycles. The predicted octanol–water partition coefficient (Wildman–Crippen LogP) is 1.50. The van der Waals surface area contributed by atoms with Crippen LogP contribution in [0.15, 0.2) is 11.4 Å². The van der Waals surface area contributed by atoms with Crippen LogP contribution in [0.25, 0.3) is 0 Å². The first-order chi connectivity index (χ1) is 6.18. The van der Waals surface area contributed by atoms with Crippen LogP contribution in [0.1, 0.15) is 12.5 Å². The number of rotatable bonds is 0. The van der Waals surface area contributed by atoms with Crippen molar-refractivity contribution < 1.29 is 0 Å². The molecule has 0 fully saturated rings. The molecule has 1 aromatic rings. The number of nitrogens with zero attached hydrogens (tertiary/aromatic N) is 4. The van der Waals surface area contributed by atoms with E-state index in [1.54, 1.807) is 5.01 Å². The van der Waals surface area contributed by atoms with Crippen LogP contribution in [0.3, 0.4) is 0 Å². The Bertz CT molecular complexity index is 374. The summed E-state index contributed by atoms with van der Waals surface area (Å²) in [6, 6.07) is 0. The van der Waals surface area contributed by atoms with Gasteiger partial charge in [0.1, 0.15) is 11.5 Å². The van der Waals surface area contributed by atoms with E-state index in [1.807, 2.05) is 14.0 Å². The van der Waals surface area contributed by atoms with Gasteiger partial charge in [-0.2, -0.15) is 5.10 Å². The predicted molar refractivity (Wildman–Crippen MR) is 52.3 cm³/mol. The van der Waals surface area contributed by atoms with Crippen molar-refractivity contribution >= 4 is 23.1 Å². The molecule has 68 valence electrons. The Morgan fingerprint density at radius 2 is 2.23 bits per heavy atom. The number of anilines is 1. The molecule has 0 bridgehead atoms. The van der Waals surface area contributed by atoms with Gasteiger partial charge in [-0.25, -0.2) is 9.97 Å². The fourth-order valence-corrected chi connectivity index (χ4v) is 1.60. The van der Waals surface area contributed by atoms with Crippen molar-refractivity contribution in [2.45, 2.75) is 13.3 Å². The summed E-state index contributed by atoms with van der Waals surface area (Å²) in [7, 11) is 1.85. The van der Waals surface area contributed by atoms with E-state index in [2.05, 4.69) is 15.1 Å². The normalized spacial score (nSPS) is 15.3. The molecule has 0 aliphatic carbocycles. The monoisotopic (exact) mass is 196 g/mol. The molecule has 0 unspecified atom stereocenters. The third-order valence-electron chi connectivity index (χ3n) is 1.93. The fourth-order valence-electron chi connectivity index (χ4n) is 1.41. The van der Waals surface area contributed by atoms with Gasteiger partial charge in [0, 0.05) is 24.7 Å². The second-order valence-electron chi connectivity index (χ2n) is 3.00. The van der Waals surface area contributed by atoms with Gasteiger partial charge in [-0.3, -0.25) is 5.01 Å². The molecule has 0 saturated heterocycles. The summed E-state index contributed by atoms with van der Waals surface area (Å²) in [5.41, 5.74) is 1.98. The molecule has 2 rings (SSSR count). The van der Waals surface area contributed by atoms with E-state index in [4.69, 9.17) is 11.6 Å². The molecule has 0 amide bonds. The minimum Gasteiger partial charge on any atom is -0.251 e. The number of aromatic nitrogens is 2.